The van der Waals surface area contributed by atoms with Gasteiger partial charge in [-0.3, -0.25) is 0 Å². The lowest BCUT2D eigenvalue weighted by Gasteiger charge is -2.04. The van der Waals surface area contributed by atoms with Crippen LogP contribution in [0.4, 0.5) is 0 Å². The number of hydrogen-bond acceptors (Lipinski definition) is 1. The first kappa shape index (κ1) is 9.19. The Labute approximate surface area is 92.6 Å². The molecule has 0 aliphatic carbocycles. The van der Waals surface area contributed by atoms with Gasteiger partial charge >= 0.3 is 0 Å². The fourth-order valence-electron chi connectivity index (χ4n) is 2.01. The van der Waals surface area contributed by atoms with Crippen molar-refractivity contribution in [3.05, 3.63) is 54.6 Å². The van der Waals surface area contributed by atoms with E-state index in [0.717, 1.165) is 21.5 Å². The van der Waals surface area contributed by atoms with Crippen molar-refractivity contribution < 1.29 is 10.1 Å². The third-order valence-electron chi connectivity index (χ3n) is 2.80. The van der Waals surface area contributed by atoms with E-state index in [4.69, 9.17) is 0 Å². The quantitative estimate of drug-likeness (QED) is 0.341. The van der Waals surface area contributed by atoms with Gasteiger partial charge in [-0.15, -0.1) is 0 Å². The Bertz CT molecular complexity index is 659. The maximum atomic E-state index is 10.6. The topological polar surface area (TPSA) is 29.1 Å². The van der Waals surface area contributed by atoms with E-state index in [1.165, 1.54) is 0 Å². The Morgan fingerprint density at radius 1 is 0.750 bits per heavy atom. The fraction of sp³-hybridized carbons (Fsp3) is 0. The van der Waals surface area contributed by atoms with Crippen molar-refractivity contribution in [1.82, 2.24) is 0 Å². The van der Waals surface area contributed by atoms with Crippen LogP contribution in [-0.2, 0) is 5.26 Å². The fourth-order valence-corrected chi connectivity index (χ4v) is 2.01. The van der Waals surface area contributed by atoms with E-state index in [1.54, 1.807) is 6.07 Å². The van der Waals surface area contributed by atoms with Crippen LogP contribution in [0, 0.1) is 0 Å². The molecule has 2 heteroatoms. The first-order chi connectivity index (χ1) is 7.88. The molecule has 0 aromatic heterocycles. The van der Waals surface area contributed by atoms with Gasteiger partial charge in [-0.25, -0.2) is 0 Å². The molecule has 1 radical (unpaired) electrons. The van der Waals surface area contributed by atoms with E-state index in [2.05, 4.69) is 17.0 Å². The SMILES string of the molecule is [O]Oc1cccc2cc3ccccc3cc12. The number of benzene rings is 3. The molecule has 0 aliphatic heterocycles. The van der Waals surface area contributed by atoms with Crippen molar-refractivity contribution >= 4 is 21.5 Å². The van der Waals surface area contributed by atoms with Crippen molar-refractivity contribution in [2.24, 2.45) is 0 Å². The van der Waals surface area contributed by atoms with Crippen LogP contribution in [-0.4, -0.2) is 0 Å². The van der Waals surface area contributed by atoms with Crippen LogP contribution in [0.15, 0.2) is 54.6 Å². The zero-order valence-electron chi connectivity index (χ0n) is 8.51. The summed E-state index contributed by atoms with van der Waals surface area (Å²) in [7, 11) is 0. The molecule has 0 unspecified atom stereocenters. The summed E-state index contributed by atoms with van der Waals surface area (Å²) in [6, 6.07) is 17.6. The monoisotopic (exact) mass is 209 g/mol. The molecule has 0 fully saturated rings. The summed E-state index contributed by atoms with van der Waals surface area (Å²) in [5.41, 5.74) is 0. The average Bonchev–Trinajstić information content (AvgIpc) is 2.35. The summed E-state index contributed by atoms with van der Waals surface area (Å²) in [6.07, 6.45) is 0. The van der Waals surface area contributed by atoms with Crippen molar-refractivity contribution in [2.75, 3.05) is 0 Å². The first-order valence-electron chi connectivity index (χ1n) is 5.10. The molecule has 0 heterocycles. The normalized spacial score (nSPS) is 10.8. The molecule has 0 aliphatic rings. The second-order valence-electron chi connectivity index (χ2n) is 3.76. The van der Waals surface area contributed by atoms with E-state index in [-0.39, 0.29) is 0 Å². The molecule has 0 saturated carbocycles. The largest absolute Gasteiger partial charge is 0.305 e. The molecule has 0 saturated heterocycles. The van der Waals surface area contributed by atoms with Gasteiger partial charge in [0.25, 0.3) is 0 Å². The van der Waals surface area contributed by atoms with Crippen molar-refractivity contribution in [2.45, 2.75) is 0 Å². The Kier molecular flexibility index (Phi) is 2.01. The minimum Gasteiger partial charge on any atom is -0.305 e. The molecule has 77 valence electrons. The van der Waals surface area contributed by atoms with Gasteiger partial charge in [-0.1, -0.05) is 36.4 Å². The molecule has 0 amide bonds. The molecule has 16 heavy (non-hydrogen) atoms. The summed E-state index contributed by atoms with van der Waals surface area (Å²) in [5, 5.41) is 14.7. The van der Waals surface area contributed by atoms with Gasteiger partial charge in [-0.2, -0.15) is 0 Å². The highest BCUT2D eigenvalue weighted by atomic mass is 17.1. The highest BCUT2D eigenvalue weighted by molar-refractivity contribution is 6.00. The molecule has 0 N–H and O–H groups in total. The molecule has 3 aromatic carbocycles. The lowest BCUT2D eigenvalue weighted by Crippen LogP contribution is -1.84. The smallest absolute Gasteiger partial charge is 0.176 e. The van der Waals surface area contributed by atoms with E-state index in [1.807, 2.05) is 36.4 Å². The molecule has 0 spiro atoms. The third-order valence-corrected chi connectivity index (χ3v) is 2.80. The summed E-state index contributed by atoms with van der Waals surface area (Å²) < 4.78 is 0. The van der Waals surface area contributed by atoms with Gasteiger partial charge in [0, 0.05) is 10.6 Å². The van der Waals surface area contributed by atoms with Crippen LogP contribution in [0.5, 0.6) is 5.75 Å². The van der Waals surface area contributed by atoms with Gasteiger partial charge in [0.15, 0.2) is 5.75 Å². The number of hydrogen-bond donors (Lipinski definition) is 0. The van der Waals surface area contributed by atoms with Gasteiger partial charge in [-0.05, 0) is 34.4 Å². The molecular formula is C14H9O2. The minimum atomic E-state index is 0.378. The van der Waals surface area contributed by atoms with Crippen LogP contribution >= 0.6 is 0 Å². The third kappa shape index (κ3) is 1.32. The molecular weight excluding hydrogens is 200 g/mol. The maximum absolute atomic E-state index is 10.6. The predicted octanol–water partition coefficient (Wildman–Crippen LogP) is 3.72. The van der Waals surface area contributed by atoms with Crippen molar-refractivity contribution in [1.29, 1.82) is 0 Å². The zero-order valence-corrected chi connectivity index (χ0v) is 8.51. The Morgan fingerprint density at radius 2 is 1.44 bits per heavy atom. The molecule has 3 rings (SSSR count). The van der Waals surface area contributed by atoms with E-state index in [0.29, 0.717) is 5.75 Å². The van der Waals surface area contributed by atoms with E-state index >= 15 is 0 Å². The van der Waals surface area contributed by atoms with Crippen LogP contribution in [0.3, 0.4) is 0 Å². The van der Waals surface area contributed by atoms with E-state index < -0.39 is 0 Å². The minimum absolute atomic E-state index is 0.378. The van der Waals surface area contributed by atoms with Crippen molar-refractivity contribution in [3.63, 3.8) is 0 Å². The summed E-state index contributed by atoms with van der Waals surface area (Å²) >= 11 is 0. The van der Waals surface area contributed by atoms with Crippen LogP contribution in [0.2, 0.25) is 0 Å². The molecule has 0 bridgehead atoms. The standard InChI is InChI=1S/C14H9O2/c15-16-14-7-3-6-12-8-10-4-1-2-5-11(10)9-13(12)14/h1-9H. The Balaban J connectivity index is 2.46. The Morgan fingerprint density at radius 3 is 2.19 bits per heavy atom. The highest BCUT2D eigenvalue weighted by Gasteiger charge is 2.03. The van der Waals surface area contributed by atoms with Crippen LogP contribution in [0.25, 0.3) is 21.5 Å². The van der Waals surface area contributed by atoms with Crippen LogP contribution in [0.1, 0.15) is 0 Å². The lowest BCUT2D eigenvalue weighted by molar-refractivity contribution is -0.207. The molecule has 2 nitrogen and oxygen atoms in total. The second-order valence-corrected chi connectivity index (χ2v) is 3.76. The summed E-state index contributed by atoms with van der Waals surface area (Å²) in [5.74, 6) is 0.378. The van der Waals surface area contributed by atoms with E-state index in [9.17, 15) is 5.26 Å². The maximum Gasteiger partial charge on any atom is 0.176 e. The van der Waals surface area contributed by atoms with Gasteiger partial charge in [0.05, 0.1) is 0 Å². The second kappa shape index (κ2) is 3.51. The van der Waals surface area contributed by atoms with Gasteiger partial charge in [0.2, 0.25) is 0 Å². The number of rotatable bonds is 1. The first-order valence-corrected chi connectivity index (χ1v) is 5.10. The summed E-state index contributed by atoms with van der Waals surface area (Å²) in [4.78, 5) is 4.13. The molecule has 0 atom stereocenters. The predicted molar refractivity (Wildman–Crippen MR) is 62.8 cm³/mol. The highest BCUT2D eigenvalue weighted by Crippen LogP contribution is 2.29. The number of fused-ring (bicyclic) bond motifs is 2. The average molecular weight is 209 g/mol. The summed E-state index contributed by atoms with van der Waals surface area (Å²) in [6.45, 7) is 0. The van der Waals surface area contributed by atoms with Gasteiger partial charge in [0.1, 0.15) is 0 Å². The molecule has 3 aromatic rings. The zero-order chi connectivity index (χ0) is 11.0. The van der Waals surface area contributed by atoms with Gasteiger partial charge < -0.3 is 4.89 Å². The van der Waals surface area contributed by atoms with Crippen LogP contribution < -0.4 is 4.89 Å². The van der Waals surface area contributed by atoms with Crippen molar-refractivity contribution in [3.8, 4) is 5.75 Å². The Hall–Kier alpha value is -2.06. The lowest BCUT2D eigenvalue weighted by atomic mass is 10.0.